The normalized spacial score (nSPS) is 22.1. The average molecular weight is 220 g/mol. The van der Waals surface area contributed by atoms with Gasteiger partial charge in [0.25, 0.3) is 0 Å². The summed E-state index contributed by atoms with van der Waals surface area (Å²) in [6, 6.07) is 0. The summed E-state index contributed by atoms with van der Waals surface area (Å²) in [6.07, 6.45) is 5.31. The molecule has 0 saturated carbocycles. The van der Waals surface area contributed by atoms with Gasteiger partial charge >= 0.3 is 0 Å². The molecule has 0 amide bonds. The van der Waals surface area contributed by atoms with Crippen molar-refractivity contribution in [3.8, 4) is 0 Å². The van der Waals surface area contributed by atoms with Gasteiger partial charge in [-0.25, -0.2) is 0 Å². The Hall–Kier alpha value is 0.210. The van der Waals surface area contributed by atoms with Crippen molar-refractivity contribution in [2.45, 2.75) is 38.7 Å². The van der Waals surface area contributed by atoms with Crippen LogP contribution >= 0.6 is 11.6 Å². The summed E-state index contributed by atoms with van der Waals surface area (Å²) in [5.41, 5.74) is 0. The molecule has 3 heteroatoms. The van der Waals surface area contributed by atoms with Gasteiger partial charge in [0, 0.05) is 19.0 Å². The van der Waals surface area contributed by atoms with Crippen molar-refractivity contribution < 1.29 is 4.74 Å². The number of rotatable bonds is 7. The van der Waals surface area contributed by atoms with Gasteiger partial charge in [0.1, 0.15) is 0 Å². The van der Waals surface area contributed by atoms with Crippen LogP contribution in [0.5, 0.6) is 0 Å². The minimum absolute atomic E-state index is 0.492. The van der Waals surface area contributed by atoms with E-state index in [-0.39, 0.29) is 0 Å². The fourth-order valence-corrected chi connectivity index (χ4v) is 2.07. The van der Waals surface area contributed by atoms with Crippen LogP contribution in [0.4, 0.5) is 0 Å². The topological polar surface area (TPSA) is 12.5 Å². The van der Waals surface area contributed by atoms with Crippen molar-refractivity contribution in [1.29, 1.82) is 0 Å². The molecule has 1 aliphatic heterocycles. The molecule has 1 saturated heterocycles. The Labute approximate surface area is 92.6 Å². The van der Waals surface area contributed by atoms with Gasteiger partial charge in [0.15, 0.2) is 0 Å². The van der Waals surface area contributed by atoms with E-state index in [0.717, 1.165) is 32.0 Å². The summed E-state index contributed by atoms with van der Waals surface area (Å²) in [5.74, 6) is 0.789. The smallest absolute Gasteiger partial charge is 0.0702 e. The Balaban J connectivity index is 2.10. The second-order valence-electron chi connectivity index (χ2n) is 3.92. The molecule has 14 heavy (non-hydrogen) atoms. The third-order valence-electron chi connectivity index (χ3n) is 2.79. The molecule has 0 bridgehead atoms. The van der Waals surface area contributed by atoms with Crippen LogP contribution in [0.25, 0.3) is 0 Å². The van der Waals surface area contributed by atoms with Crippen LogP contribution in [0.1, 0.15) is 32.6 Å². The molecule has 0 aliphatic carbocycles. The Bertz CT molecular complexity index is 137. The van der Waals surface area contributed by atoms with Crippen LogP contribution in [0, 0.1) is 0 Å². The van der Waals surface area contributed by atoms with Gasteiger partial charge in [-0.05, 0) is 38.8 Å². The predicted octanol–water partition coefficient (Wildman–Crippen LogP) is 2.51. The van der Waals surface area contributed by atoms with Crippen molar-refractivity contribution in [1.82, 2.24) is 4.90 Å². The highest BCUT2D eigenvalue weighted by Crippen LogP contribution is 2.13. The monoisotopic (exact) mass is 219 g/mol. The lowest BCUT2D eigenvalue weighted by atomic mass is 10.2. The van der Waals surface area contributed by atoms with Crippen molar-refractivity contribution in [3.05, 3.63) is 0 Å². The maximum absolute atomic E-state index is 5.66. The van der Waals surface area contributed by atoms with E-state index in [4.69, 9.17) is 16.3 Å². The number of hydrogen-bond donors (Lipinski definition) is 0. The first kappa shape index (κ1) is 12.3. The molecular formula is C11H22ClNO. The zero-order chi connectivity index (χ0) is 10.2. The molecule has 0 radical (unpaired) electrons. The summed E-state index contributed by atoms with van der Waals surface area (Å²) in [5, 5.41) is 0. The number of ether oxygens (including phenoxy) is 1. The molecule has 0 aromatic carbocycles. The quantitative estimate of drug-likeness (QED) is 0.482. The van der Waals surface area contributed by atoms with E-state index >= 15 is 0 Å². The van der Waals surface area contributed by atoms with Gasteiger partial charge in [-0.2, -0.15) is 0 Å². The maximum Gasteiger partial charge on any atom is 0.0702 e. The van der Waals surface area contributed by atoms with Gasteiger partial charge in [0.05, 0.1) is 6.10 Å². The van der Waals surface area contributed by atoms with Gasteiger partial charge in [0.2, 0.25) is 0 Å². The summed E-state index contributed by atoms with van der Waals surface area (Å²) in [7, 11) is 0. The van der Waals surface area contributed by atoms with E-state index in [1.165, 1.54) is 25.8 Å². The minimum Gasteiger partial charge on any atom is -0.377 e. The Morgan fingerprint density at radius 1 is 1.43 bits per heavy atom. The van der Waals surface area contributed by atoms with Crippen LogP contribution in [-0.2, 0) is 4.74 Å². The van der Waals surface area contributed by atoms with Crippen molar-refractivity contribution in [2.24, 2.45) is 0 Å². The molecule has 1 unspecified atom stereocenters. The molecule has 1 heterocycles. The van der Waals surface area contributed by atoms with Crippen molar-refractivity contribution in [2.75, 3.05) is 32.1 Å². The van der Waals surface area contributed by atoms with E-state index in [0.29, 0.717) is 6.10 Å². The molecule has 0 aromatic rings. The maximum atomic E-state index is 5.66. The number of alkyl halides is 1. The largest absolute Gasteiger partial charge is 0.377 e. The lowest BCUT2D eigenvalue weighted by Gasteiger charge is -2.23. The Kier molecular flexibility index (Phi) is 6.57. The number of halogens is 1. The standard InChI is InChI=1S/C11H22ClNO/c1-2-13(8-4-3-7-12)10-11-6-5-9-14-11/h11H,2-10H2,1H3. The third kappa shape index (κ3) is 4.63. The number of likely N-dealkylation sites (N-methyl/N-ethyl adjacent to an activating group) is 1. The second-order valence-corrected chi connectivity index (χ2v) is 4.30. The van der Waals surface area contributed by atoms with Crippen LogP contribution < -0.4 is 0 Å². The Morgan fingerprint density at radius 2 is 2.29 bits per heavy atom. The van der Waals surface area contributed by atoms with Crippen LogP contribution in [-0.4, -0.2) is 43.1 Å². The first-order valence-electron chi connectivity index (χ1n) is 5.76. The first-order valence-corrected chi connectivity index (χ1v) is 6.30. The van der Waals surface area contributed by atoms with E-state index in [1.54, 1.807) is 0 Å². The highest BCUT2D eigenvalue weighted by Gasteiger charge is 2.17. The van der Waals surface area contributed by atoms with E-state index in [9.17, 15) is 0 Å². The number of unbranched alkanes of at least 4 members (excludes halogenated alkanes) is 1. The average Bonchev–Trinajstić information content (AvgIpc) is 2.69. The van der Waals surface area contributed by atoms with E-state index in [1.807, 2.05) is 0 Å². The number of hydrogen-bond acceptors (Lipinski definition) is 2. The molecule has 1 fully saturated rings. The fourth-order valence-electron chi connectivity index (χ4n) is 1.88. The SMILES string of the molecule is CCN(CCCCCl)CC1CCCO1. The molecule has 2 nitrogen and oxygen atoms in total. The lowest BCUT2D eigenvalue weighted by molar-refractivity contribution is 0.0744. The Morgan fingerprint density at radius 3 is 2.86 bits per heavy atom. The van der Waals surface area contributed by atoms with Gasteiger partial charge in [-0.1, -0.05) is 6.92 Å². The third-order valence-corrected chi connectivity index (χ3v) is 3.06. The lowest BCUT2D eigenvalue weighted by Crippen LogP contribution is -2.32. The molecule has 0 N–H and O–H groups in total. The molecule has 1 atom stereocenters. The summed E-state index contributed by atoms with van der Waals surface area (Å²) in [4.78, 5) is 2.47. The van der Waals surface area contributed by atoms with Crippen molar-refractivity contribution >= 4 is 11.6 Å². The van der Waals surface area contributed by atoms with Crippen LogP contribution in [0.2, 0.25) is 0 Å². The fraction of sp³-hybridized carbons (Fsp3) is 1.00. The van der Waals surface area contributed by atoms with Gasteiger partial charge in [-0.3, -0.25) is 0 Å². The molecule has 1 aliphatic rings. The highest BCUT2D eigenvalue weighted by atomic mass is 35.5. The molecule has 0 aromatic heterocycles. The van der Waals surface area contributed by atoms with Crippen LogP contribution in [0.15, 0.2) is 0 Å². The summed E-state index contributed by atoms with van der Waals surface area (Å²) in [6.45, 7) is 6.59. The first-order chi connectivity index (χ1) is 6.86. The zero-order valence-electron chi connectivity index (χ0n) is 9.17. The molecular weight excluding hydrogens is 198 g/mol. The van der Waals surface area contributed by atoms with E-state index in [2.05, 4.69) is 11.8 Å². The van der Waals surface area contributed by atoms with Crippen molar-refractivity contribution in [3.63, 3.8) is 0 Å². The van der Waals surface area contributed by atoms with Gasteiger partial charge < -0.3 is 9.64 Å². The molecule has 84 valence electrons. The molecule has 1 rings (SSSR count). The highest BCUT2D eigenvalue weighted by molar-refractivity contribution is 6.17. The number of nitrogens with zero attached hydrogens (tertiary/aromatic N) is 1. The van der Waals surface area contributed by atoms with Gasteiger partial charge in [-0.15, -0.1) is 11.6 Å². The van der Waals surface area contributed by atoms with E-state index < -0.39 is 0 Å². The summed E-state index contributed by atoms with van der Waals surface area (Å²) < 4.78 is 5.62. The molecule has 0 spiro atoms. The minimum atomic E-state index is 0.492. The van der Waals surface area contributed by atoms with Crippen LogP contribution in [0.3, 0.4) is 0 Å². The summed E-state index contributed by atoms with van der Waals surface area (Å²) >= 11 is 5.66. The predicted molar refractivity (Wildman–Crippen MR) is 61.0 cm³/mol. The second kappa shape index (κ2) is 7.49. The zero-order valence-corrected chi connectivity index (χ0v) is 9.93.